The third-order valence-corrected chi connectivity index (χ3v) is 5.60. The van der Waals surface area contributed by atoms with Crippen LogP contribution in [0, 0.1) is 5.92 Å². The molecule has 2 aromatic carbocycles. The Morgan fingerprint density at radius 3 is 2.84 bits per heavy atom. The average Bonchev–Trinajstić information content (AvgIpc) is 3.08. The second-order valence-corrected chi connectivity index (χ2v) is 7.26. The minimum absolute atomic E-state index is 0.0488. The molecule has 4 rings (SSSR count). The number of rotatable bonds is 3. The third-order valence-electron chi connectivity index (χ3n) is 4.51. The number of amides is 1. The van der Waals surface area contributed by atoms with Gasteiger partial charge in [-0.1, -0.05) is 35.6 Å². The number of para-hydroxylation sites is 3. The fourth-order valence-electron chi connectivity index (χ4n) is 3.17. The molecule has 25 heavy (non-hydrogen) atoms. The molecule has 1 aliphatic heterocycles. The molecule has 1 saturated heterocycles. The van der Waals surface area contributed by atoms with Crippen LogP contribution in [0.25, 0.3) is 10.2 Å². The number of anilines is 2. The summed E-state index contributed by atoms with van der Waals surface area (Å²) in [6.45, 7) is 1.57. The van der Waals surface area contributed by atoms with Crippen LogP contribution in [0.5, 0.6) is 5.75 Å². The number of hydrogen-bond donors (Lipinski definition) is 2. The Morgan fingerprint density at radius 1 is 1.20 bits per heavy atom. The number of nitrogens with zero attached hydrogens (tertiary/aromatic N) is 2. The number of benzene rings is 2. The largest absolute Gasteiger partial charge is 0.506 e. The Bertz CT molecular complexity index is 875. The van der Waals surface area contributed by atoms with E-state index in [9.17, 15) is 9.90 Å². The van der Waals surface area contributed by atoms with Crippen molar-refractivity contribution in [2.45, 2.75) is 12.8 Å². The number of fused-ring (bicyclic) bond motifs is 1. The SMILES string of the molecule is O=C(Nc1ccccc1O)C1CCCN(c2nc3ccccc3s2)C1. The summed E-state index contributed by atoms with van der Waals surface area (Å²) in [6, 6.07) is 14.9. The van der Waals surface area contributed by atoms with Crippen LogP contribution in [0.2, 0.25) is 0 Å². The molecular formula is C19H19N3O2S. The van der Waals surface area contributed by atoms with E-state index in [1.807, 2.05) is 18.2 Å². The number of aromatic hydroxyl groups is 1. The molecule has 0 bridgehead atoms. The molecule has 0 radical (unpaired) electrons. The van der Waals surface area contributed by atoms with Gasteiger partial charge in [-0.05, 0) is 37.1 Å². The minimum atomic E-state index is -0.111. The van der Waals surface area contributed by atoms with Crippen molar-refractivity contribution in [3.63, 3.8) is 0 Å². The van der Waals surface area contributed by atoms with Gasteiger partial charge in [0.05, 0.1) is 21.8 Å². The summed E-state index contributed by atoms with van der Waals surface area (Å²) in [4.78, 5) is 19.5. The molecule has 2 heterocycles. The third kappa shape index (κ3) is 3.30. The van der Waals surface area contributed by atoms with E-state index in [1.165, 1.54) is 4.70 Å². The zero-order valence-corrected chi connectivity index (χ0v) is 14.5. The molecule has 1 aromatic heterocycles. The predicted molar refractivity (Wildman–Crippen MR) is 101 cm³/mol. The number of carbonyl (C=O) groups is 1. The molecule has 0 aliphatic carbocycles. The van der Waals surface area contributed by atoms with E-state index < -0.39 is 0 Å². The summed E-state index contributed by atoms with van der Waals surface area (Å²) in [5.74, 6) is -0.0673. The lowest BCUT2D eigenvalue weighted by Crippen LogP contribution is -2.40. The second-order valence-electron chi connectivity index (χ2n) is 6.26. The van der Waals surface area contributed by atoms with Crippen molar-refractivity contribution in [1.29, 1.82) is 0 Å². The molecule has 3 aromatic rings. The molecule has 1 aliphatic rings. The summed E-state index contributed by atoms with van der Waals surface area (Å²) in [7, 11) is 0. The highest BCUT2D eigenvalue weighted by Crippen LogP contribution is 2.32. The highest BCUT2D eigenvalue weighted by atomic mass is 32.1. The Hall–Kier alpha value is -2.60. The number of phenolic OH excluding ortho intramolecular Hbond substituents is 1. The fraction of sp³-hybridized carbons (Fsp3) is 0.263. The summed E-state index contributed by atoms with van der Waals surface area (Å²) in [5.41, 5.74) is 1.47. The van der Waals surface area contributed by atoms with Gasteiger partial charge in [-0.25, -0.2) is 4.98 Å². The summed E-state index contributed by atoms with van der Waals surface area (Å²) in [5, 5.41) is 13.7. The second kappa shape index (κ2) is 6.72. The monoisotopic (exact) mass is 353 g/mol. The maximum atomic E-state index is 12.6. The Balaban J connectivity index is 1.48. The molecule has 1 atom stereocenters. The van der Waals surface area contributed by atoms with Gasteiger partial charge in [0.15, 0.2) is 5.13 Å². The number of nitrogens with one attached hydrogen (secondary N) is 1. The number of hydrogen-bond acceptors (Lipinski definition) is 5. The Morgan fingerprint density at radius 2 is 2.00 bits per heavy atom. The van der Waals surface area contributed by atoms with Crippen LogP contribution in [0.15, 0.2) is 48.5 Å². The van der Waals surface area contributed by atoms with E-state index in [4.69, 9.17) is 4.98 Å². The fourth-order valence-corrected chi connectivity index (χ4v) is 4.17. The van der Waals surface area contributed by atoms with Gasteiger partial charge < -0.3 is 15.3 Å². The van der Waals surface area contributed by atoms with E-state index in [-0.39, 0.29) is 17.6 Å². The highest BCUT2D eigenvalue weighted by molar-refractivity contribution is 7.22. The lowest BCUT2D eigenvalue weighted by atomic mass is 9.97. The van der Waals surface area contributed by atoms with Crippen molar-refractivity contribution in [2.75, 3.05) is 23.3 Å². The first-order valence-corrected chi connectivity index (χ1v) is 9.22. The average molecular weight is 353 g/mol. The normalized spacial score (nSPS) is 17.6. The molecule has 128 valence electrons. The van der Waals surface area contributed by atoms with Crippen LogP contribution in [0.1, 0.15) is 12.8 Å². The van der Waals surface area contributed by atoms with E-state index in [0.29, 0.717) is 12.2 Å². The zero-order valence-electron chi connectivity index (χ0n) is 13.7. The van der Waals surface area contributed by atoms with Crippen molar-refractivity contribution in [2.24, 2.45) is 5.92 Å². The van der Waals surface area contributed by atoms with E-state index in [0.717, 1.165) is 30.0 Å². The van der Waals surface area contributed by atoms with Crippen molar-refractivity contribution >= 4 is 38.3 Å². The van der Waals surface area contributed by atoms with Gasteiger partial charge in [0, 0.05) is 13.1 Å². The number of piperidine rings is 1. The van der Waals surface area contributed by atoms with Gasteiger partial charge in [0.25, 0.3) is 0 Å². The van der Waals surface area contributed by atoms with E-state index >= 15 is 0 Å². The van der Waals surface area contributed by atoms with E-state index in [2.05, 4.69) is 16.3 Å². The maximum Gasteiger partial charge on any atom is 0.229 e. The first kappa shape index (κ1) is 15.9. The first-order valence-electron chi connectivity index (χ1n) is 8.40. The van der Waals surface area contributed by atoms with Crippen molar-refractivity contribution in [3.05, 3.63) is 48.5 Å². The standard InChI is InChI=1S/C19H19N3O2S/c23-16-9-3-1-7-14(16)20-18(24)13-6-5-11-22(12-13)19-21-15-8-2-4-10-17(15)25-19/h1-4,7-10,13,23H,5-6,11-12H2,(H,20,24). The number of aromatic nitrogens is 1. The van der Waals surface area contributed by atoms with Gasteiger partial charge in [-0.15, -0.1) is 0 Å². The lowest BCUT2D eigenvalue weighted by Gasteiger charge is -2.31. The van der Waals surface area contributed by atoms with Crippen molar-refractivity contribution in [3.8, 4) is 5.75 Å². The predicted octanol–water partition coefficient (Wildman–Crippen LogP) is 3.86. The van der Waals surface area contributed by atoms with Crippen LogP contribution < -0.4 is 10.2 Å². The summed E-state index contributed by atoms with van der Waals surface area (Å²) >= 11 is 1.67. The quantitative estimate of drug-likeness (QED) is 0.702. The van der Waals surface area contributed by atoms with Crippen LogP contribution in [0.3, 0.4) is 0 Å². The Labute approximate surface area is 149 Å². The lowest BCUT2D eigenvalue weighted by molar-refractivity contribution is -0.120. The van der Waals surface area contributed by atoms with Gasteiger partial charge >= 0.3 is 0 Å². The maximum absolute atomic E-state index is 12.6. The van der Waals surface area contributed by atoms with E-state index in [1.54, 1.807) is 35.6 Å². The minimum Gasteiger partial charge on any atom is -0.506 e. The van der Waals surface area contributed by atoms with Crippen LogP contribution in [-0.2, 0) is 4.79 Å². The number of carbonyl (C=O) groups excluding carboxylic acids is 1. The van der Waals surface area contributed by atoms with Gasteiger partial charge in [-0.3, -0.25) is 4.79 Å². The number of phenols is 1. The van der Waals surface area contributed by atoms with Crippen LogP contribution >= 0.6 is 11.3 Å². The molecule has 0 saturated carbocycles. The molecule has 6 heteroatoms. The topological polar surface area (TPSA) is 65.5 Å². The molecule has 5 nitrogen and oxygen atoms in total. The molecule has 1 unspecified atom stereocenters. The highest BCUT2D eigenvalue weighted by Gasteiger charge is 2.27. The zero-order chi connectivity index (χ0) is 17.2. The van der Waals surface area contributed by atoms with Gasteiger partial charge in [-0.2, -0.15) is 0 Å². The Kier molecular flexibility index (Phi) is 4.28. The molecule has 0 spiro atoms. The smallest absolute Gasteiger partial charge is 0.229 e. The molecule has 1 fully saturated rings. The van der Waals surface area contributed by atoms with Crippen LogP contribution in [0.4, 0.5) is 10.8 Å². The van der Waals surface area contributed by atoms with Crippen molar-refractivity contribution in [1.82, 2.24) is 4.98 Å². The molecule has 2 N–H and O–H groups in total. The number of thiazole rings is 1. The van der Waals surface area contributed by atoms with Gasteiger partial charge in [0.2, 0.25) is 5.91 Å². The van der Waals surface area contributed by atoms with Gasteiger partial charge in [0.1, 0.15) is 5.75 Å². The summed E-state index contributed by atoms with van der Waals surface area (Å²) < 4.78 is 1.17. The first-order chi connectivity index (χ1) is 12.2. The van der Waals surface area contributed by atoms with Crippen molar-refractivity contribution < 1.29 is 9.90 Å². The molecular weight excluding hydrogens is 334 g/mol. The summed E-state index contributed by atoms with van der Waals surface area (Å²) in [6.07, 6.45) is 1.80. The van der Waals surface area contributed by atoms with Crippen LogP contribution in [-0.4, -0.2) is 29.1 Å². The molecule has 1 amide bonds.